The van der Waals surface area contributed by atoms with Crippen LogP contribution in [-0.4, -0.2) is 10.1 Å². The van der Waals surface area contributed by atoms with Crippen molar-refractivity contribution in [2.45, 2.75) is 0 Å². The number of rotatable bonds is 5. The van der Waals surface area contributed by atoms with E-state index in [0.717, 1.165) is 17.5 Å². The number of phenols is 1. The molecule has 0 amide bonds. The van der Waals surface area contributed by atoms with Gasteiger partial charge in [0.25, 0.3) is 0 Å². The van der Waals surface area contributed by atoms with E-state index in [-0.39, 0.29) is 11.4 Å². The van der Waals surface area contributed by atoms with E-state index in [4.69, 9.17) is 22.1 Å². The highest BCUT2D eigenvalue weighted by molar-refractivity contribution is 6.30. The molecule has 156 valence electrons. The molecule has 0 radical (unpaired) electrons. The molecular formula is C23H16ClF2N3O2. The number of ether oxygens (including phenoxy) is 1. The smallest absolute Gasteiger partial charge is 0.187 e. The van der Waals surface area contributed by atoms with Crippen molar-refractivity contribution in [1.82, 2.24) is 4.98 Å². The summed E-state index contributed by atoms with van der Waals surface area (Å²) in [6.07, 6.45) is 1.37. The lowest BCUT2D eigenvalue weighted by Crippen LogP contribution is -2.03. The highest BCUT2D eigenvalue weighted by atomic mass is 35.5. The Hall–Kier alpha value is -3.84. The van der Waals surface area contributed by atoms with Crippen molar-refractivity contribution in [2.24, 2.45) is 5.73 Å². The van der Waals surface area contributed by atoms with Gasteiger partial charge < -0.3 is 20.9 Å². The lowest BCUT2D eigenvalue weighted by Gasteiger charge is -2.10. The van der Waals surface area contributed by atoms with Crippen LogP contribution in [0.15, 0.2) is 72.9 Å². The number of anilines is 1. The largest absolute Gasteiger partial charge is 0.503 e. The van der Waals surface area contributed by atoms with Gasteiger partial charge in [-0.05, 0) is 42.5 Å². The summed E-state index contributed by atoms with van der Waals surface area (Å²) in [5.41, 5.74) is 7.52. The third-order valence-electron chi connectivity index (χ3n) is 4.42. The standard InChI is InChI=1S/C23H16ClF2N3O2/c24-13-3-1-4-15(9-13)31-22-6-2-5-20-16(22)7-8-21(29-20)19(27)12-28-14-10-17(25)23(30)18(26)11-14/h1-12,28,30H,27H2/b19-12-. The molecule has 31 heavy (non-hydrogen) atoms. The van der Waals surface area contributed by atoms with Gasteiger partial charge in [0.05, 0.1) is 16.9 Å². The summed E-state index contributed by atoms with van der Waals surface area (Å²) in [5, 5.41) is 13.2. The molecule has 4 aromatic rings. The molecule has 0 fully saturated rings. The second-order valence-corrected chi connectivity index (χ2v) is 7.05. The van der Waals surface area contributed by atoms with Crippen LogP contribution in [0.1, 0.15) is 5.69 Å². The van der Waals surface area contributed by atoms with Crippen molar-refractivity contribution < 1.29 is 18.6 Å². The van der Waals surface area contributed by atoms with Gasteiger partial charge >= 0.3 is 0 Å². The minimum Gasteiger partial charge on any atom is -0.503 e. The maximum atomic E-state index is 13.5. The summed E-state index contributed by atoms with van der Waals surface area (Å²) in [4.78, 5) is 4.53. The zero-order valence-corrected chi connectivity index (χ0v) is 16.7. The van der Waals surface area contributed by atoms with Gasteiger partial charge in [0.15, 0.2) is 17.4 Å². The first kappa shape index (κ1) is 20.4. The molecule has 0 atom stereocenters. The number of nitrogens with zero attached hydrogens (tertiary/aromatic N) is 1. The molecule has 1 aromatic heterocycles. The number of hydrogen-bond acceptors (Lipinski definition) is 5. The molecule has 0 aliphatic heterocycles. The molecule has 1 heterocycles. The Kier molecular flexibility index (Phi) is 5.60. The summed E-state index contributed by atoms with van der Waals surface area (Å²) in [5.74, 6) is -1.99. The van der Waals surface area contributed by atoms with Gasteiger partial charge in [0, 0.05) is 34.4 Å². The summed E-state index contributed by atoms with van der Waals surface area (Å²) in [7, 11) is 0. The second-order valence-electron chi connectivity index (χ2n) is 6.61. The van der Waals surface area contributed by atoms with Gasteiger partial charge in [-0.3, -0.25) is 0 Å². The number of pyridine rings is 1. The Labute approximate surface area is 181 Å². The molecular weight excluding hydrogens is 424 g/mol. The third-order valence-corrected chi connectivity index (χ3v) is 4.66. The van der Waals surface area contributed by atoms with E-state index in [1.807, 2.05) is 18.2 Å². The van der Waals surface area contributed by atoms with Gasteiger partial charge in [-0.2, -0.15) is 0 Å². The van der Waals surface area contributed by atoms with Crippen molar-refractivity contribution in [1.29, 1.82) is 0 Å². The number of aromatic nitrogens is 1. The summed E-state index contributed by atoms with van der Waals surface area (Å²) in [6, 6.07) is 17.9. The van der Waals surface area contributed by atoms with Crippen molar-refractivity contribution >= 4 is 33.9 Å². The predicted molar refractivity (Wildman–Crippen MR) is 117 cm³/mol. The van der Waals surface area contributed by atoms with E-state index < -0.39 is 17.4 Å². The number of fused-ring (bicyclic) bond motifs is 1. The Morgan fingerprint density at radius 1 is 1.03 bits per heavy atom. The Balaban J connectivity index is 1.59. The highest BCUT2D eigenvalue weighted by Gasteiger charge is 2.10. The van der Waals surface area contributed by atoms with Crippen molar-refractivity contribution in [3.8, 4) is 17.2 Å². The van der Waals surface area contributed by atoms with Gasteiger partial charge in [0.1, 0.15) is 11.5 Å². The Morgan fingerprint density at radius 2 is 1.77 bits per heavy atom. The zero-order valence-electron chi connectivity index (χ0n) is 15.9. The van der Waals surface area contributed by atoms with E-state index in [9.17, 15) is 13.9 Å². The van der Waals surface area contributed by atoms with Crippen LogP contribution in [0.3, 0.4) is 0 Å². The van der Waals surface area contributed by atoms with Crippen LogP contribution < -0.4 is 15.8 Å². The maximum absolute atomic E-state index is 13.5. The maximum Gasteiger partial charge on any atom is 0.187 e. The molecule has 4 N–H and O–H groups in total. The third kappa shape index (κ3) is 4.51. The fraction of sp³-hybridized carbons (Fsp3) is 0. The number of nitrogens with one attached hydrogen (secondary N) is 1. The fourth-order valence-corrected chi connectivity index (χ4v) is 3.10. The molecule has 8 heteroatoms. The summed E-state index contributed by atoms with van der Waals surface area (Å²) in [6.45, 7) is 0. The van der Waals surface area contributed by atoms with Crippen LogP contribution in [0.4, 0.5) is 14.5 Å². The molecule has 0 aliphatic carbocycles. The lowest BCUT2D eigenvalue weighted by atomic mass is 10.1. The predicted octanol–water partition coefficient (Wildman–Crippen LogP) is 6.03. The minimum atomic E-state index is -1.08. The molecule has 5 nitrogen and oxygen atoms in total. The van der Waals surface area contributed by atoms with E-state index in [0.29, 0.717) is 27.7 Å². The lowest BCUT2D eigenvalue weighted by molar-refractivity contribution is 0.396. The average molecular weight is 440 g/mol. The first-order valence-corrected chi connectivity index (χ1v) is 9.52. The van der Waals surface area contributed by atoms with E-state index in [1.54, 1.807) is 36.4 Å². The first-order chi connectivity index (χ1) is 14.9. The van der Waals surface area contributed by atoms with Crippen molar-refractivity contribution in [3.63, 3.8) is 0 Å². The molecule has 0 saturated heterocycles. The normalized spacial score (nSPS) is 11.5. The summed E-state index contributed by atoms with van der Waals surface area (Å²) >= 11 is 6.01. The first-order valence-electron chi connectivity index (χ1n) is 9.14. The Bertz CT molecular complexity index is 1290. The van der Waals surface area contributed by atoms with Crippen LogP contribution in [0.25, 0.3) is 16.6 Å². The number of hydrogen-bond donors (Lipinski definition) is 3. The van der Waals surface area contributed by atoms with Crippen molar-refractivity contribution in [3.05, 3.63) is 95.3 Å². The number of phenolic OH excluding ortho intramolecular Hbond substituents is 1. The topological polar surface area (TPSA) is 80.4 Å². The zero-order chi connectivity index (χ0) is 22.0. The molecule has 3 aromatic carbocycles. The quantitative estimate of drug-likeness (QED) is 0.331. The number of nitrogens with two attached hydrogens (primary N) is 1. The van der Waals surface area contributed by atoms with E-state index in [2.05, 4.69) is 10.3 Å². The van der Waals surface area contributed by atoms with E-state index >= 15 is 0 Å². The SMILES string of the molecule is N/C(=C\Nc1cc(F)c(O)c(F)c1)c1ccc2c(Oc3cccc(Cl)c3)cccc2n1. The second kappa shape index (κ2) is 8.49. The molecule has 0 saturated carbocycles. The van der Waals surface area contributed by atoms with Crippen molar-refractivity contribution in [2.75, 3.05) is 5.32 Å². The highest BCUT2D eigenvalue weighted by Crippen LogP contribution is 2.31. The van der Waals surface area contributed by atoms with Crippen LogP contribution in [0.5, 0.6) is 17.2 Å². The van der Waals surface area contributed by atoms with Crippen LogP contribution in [-0.2, 0) is 0 Å². The minimum absolute atomic E-state index is 0.0914. The van der Waals surface area contributed by atoms with Gasteiger partial charge in [0.2, 0.25) is 0 Å². The molecule has 0 aliphatic rings. The molecule has 4 rings (SSSR count). The monoisotopic (exact) mass is 439 g/mol. The van der Waals surface area contributed by atoms with Gasteiger partial charge in [-0.15, -0.1) is 0 Å². The number of benzene rings is 3. The molecule has 0 spiro atoms. The van der Waals surface area contributed by atoms with Gasteiger partial charge in [-0.1, -0.05) is 23.7 Å². The van der Waals surface area contributed by atoms with Crippen LogP contribution in [0, 0.1) is 11.6 Å². The van der Waals surface area contributed by atoms with Crippen LogP contribution >= 0.6 is 11.6 Å². The average Bonchev–Trinajstić information content (AvgIpc) is 2.75. The number of aromatic hydroxyl groups is 1. The van der Waals surface area contributed by atoms with Crippen LogP contribution in [0.2, 0.25) is 5.02 Å². The van der Waals surface area contributed by atoms with Gasteiger partial charge in [-0.25, -0.2) is 13.8 Å². The molecule has 0 unspecified atom stereocenters. The van der Waals surface area contributed by atoms with E-state index in [1.165, 1.54) is 6.20 Å². The Morgan fingerprint density at radius 3 is 2.52 bits per heavy atom. The summed E-state index contributed by atoms with van der Waals surface area (Å²) < 4.78 is 32.9. The fourth-order valence-electron chi connectivity index (χ4n) is 2.92. The number of halogens is 3. The molecule has 0 bridgehead atoms.